The molecule has 0 bridgehead atoms. The van der Waals surface area contributed by atoms with E-state index in [9.17, 15) is 10.1 Å². The molecule has 1 saturated carbocycles. The lowest BCUT2D eigenvalue weighted by molar-refractivity contribution is -0.0705. The maximum atomic E-state index is 12.8. The fraction of sp³-hybridized carbons (Fsp3) is 0.483. The van der Waals surface area contributed by atoms with E-state index in [1.54, 1.807) is 42.1 Å². The van der Waals surface area contributed by atoms with Gasteiger partial charge in [-0.15, -0.1) is 0 Å². The predicted molar refractivity (Wildman–Crippen MR) is 149 cm³/mol. The van der Waals surface area contributed by atoms with Crippen LogP contribution in [0.1, 0.15) is 66.7 Å². The molecule has 1 aliphatic rings. The van der Waals surface area contributed by atoms with Crippen LogP contribution in [0.5, 0.6) is 5.75 Å². The molecule has 39 heavy (non-hydrogen) atoms. The first-order valence-corrected chi connectivity index (χ1v) is 13.3. The van der Waals surface area contributed by atoms with Gasteiger partial charge in [0.15, 0.2) is 0 Å². The minimum absolute atomic E-state index is 0.243. The molecule has 208 valence electrons. The predicted octanol–water partition coefficient (Wildman–Crippen LogP) is 3.90. The summed E-state index contributed by atoms with van der Waals surface area (Å²) in [6.45, 7) is 6.73. The molecule has 1 aliphatic carbocycles. The van der Waals surface area contributed by atoms with Gasteiger partial charge in [0.05, 0.1) is 35.3 Å². The Kier molecular flexibility index (Phi) is 9.07. The number of hydroxylamine groups is 1. The summed E-state index contributed by atoms with van der Waals surface area (Å²) >= 11 is 0. The highest BCUT2D eigenvalue weighted by Crippen LogP contribution is 2.33. The van der Waals surface area contributed by atoms with Gasteiger partial charge in [0.25, 0.3) is 5.91 Å². The topological polar surface area (TPSA) is 136 Å². The van der Waals surface area contributed by atoms with Gasteiger partial charge in [-0.2, -0.15) is 10.4 Å². The van der Waals surface area contributed by atoms with Gasteiger partial charge in [0, 0.05) is 31.2 Å². The maximum absolute atomic E-state index is 12.8. The van der Waals surface area contributed by atoms with E-state index in [-0.39, 0.29) is 18.0 Å². The molecule has 1 aromatic carbocycles. The first-order chi connectivity index (χ1) is 18.7. The third-order valence-corrected chi connectivity index (χ3v) is 7.13. The summed E-state index contributed by atoms with van der Waals surface area (Å²) in [6.07, 6.45) is 5.99. The second-order valence-electron chi connectivity index (χ2n) is 10.7. The first kappa shape index (κ1) is 28.4. The molecule has 0 spiro atoms. The van der Waals surface area contributed by atoms with E-state index >= 15 is 0 Å². The van der Waals surface area contributed by atoms with E-state index in [1.165, 1.54) is 0 Å². The van der Waals surface area contributed by atoms with Crippen LogP contribution in [0.2, 0.25) is 0 Å². The van der Waals surface area contributed by atoms with Gasteiger partial charge >= 0.3 is 0 Å². The van der Waals surface area contributed by atoms with Gasteiger partial charge in [0.2, 0.25) is 0 Å². The molecule has 1 fully saturated rings. The molecule has 1 amide bonds. The van der Waals surface area contributed by atoms with Crippen molar-refractivity contribution in [3.63, 3.8) is 0 Å². The highest BCUT2D eigenvalue weighted by atomic mass is 16.7. The zero-order chi connectivity index (χ0) is 28.0. The maximum Gasteiger partial charge on any atom is 0.274 e. The number of anilines is 1. The number of nitriles is 1. The summed E-state index contributed by atoms with van der Waals surface area (Å²) in [5.41, 5.74) is 12.3. The fourth-order valence-electron chi connectivity index (χ4n) is 4.92. The third-order valence-electron chi connectivity index (χ3n) is 7.13. The van der Waals surface area contributed by atoms with Gasteiger partial charge in [-0.3, -0.25) is 9.63 Å². The normalized spacial score (nSPS) is 17.5. The highest BCUT2D eigenvalue weighted by Gasteiger charge is 2.28. The number of methoxy groups -OCH3 is 1. The summed E-state index contributed by atoms with van der Waals surface area (Å²) in [7, 11) is 1.61. The SMILES string of the molecule is COCCOc1ccc(C(=O)NOC(C)(C)Cc2c(C)c(NC3CCC(N)CC3)c(C#N)c3ccnn23)cc1. The van der Waals surface area contributed by atoms with Crippen molar-refractivity contribution in [2.75, 3.05) is 25.6 Å². The van der Waals surface area contributed by atoms with Crippen LogP contribution in [0.15, 0.2) is 36.5 Å². The number of amides is 1. The lowest BCUT2D eigenvalue weighted by Crippen LogP contribution is -2.38. The van der Waals surface area contributed by atoms with Crippen LogP contribution < -0.4 is 21.3 Å². The third kappa shape index (κ3) is 6.87. The summed E-state index contributed by atoms with van der Waals surface area (Å²) in [4.78, 5) is 18.7. The van der Waals surface area contributed by atoms with E-state index in [2.05, 4.69) is 22.0 Å². The Morgan fingerprint density at radius 2 is 1.90 bits per heavy atom. The Morgan fingerprint density at radius 1 is 1.18 bits per heavy atom. The molecule has 0 unspecified atom stereocenters. The first-order valence-electron chi connectivity index (χ1n) is 13.3. The van der Waals surface area contributed by atoms with Crippen LogP contribution in [-0.2, 0) is 16.0 Å². The number of nitrogens with two attached hydrogens (primary N) is 1. The minimum atomic E-state index is -0.772. The average molecular weight is 535 g/mol. The summed E-state index contributed by atoms with van der Waals surface area (Å²) in [5, 5.41) is 18.2. The number of fused-ring (bicyclic) bond motifs is 1. The lowest BCUT2D eigenvalue weighted by atomic mass is 9.90. The van der Waals surface area contributed by atoms with Crippen molar-refractivity contribution >= 4 is 17.1 Å². The zero-order valence-electron chi connectivity index (χ0n) is 23.1. The number of nitrogens with zero attached hydrogens (tertiary/aromatic N) is 3. The quantitative estimate of drug-likeness (QED) is 0.249. The summed E-state index contributed by atoms with van der Waals surface area (Å²) in [5.74, 6) is 0.301. The Bertz CT molecular complexity index is 1320. The molecule has 10 nitrogen and oxygen atoms in total. The Morgan fingerprint density at radius 3 is 2.56 bits per heavy atom. The number of benzene rings is 1. The molecule has 2 heterocycles. The number of ether oxygens (including phenoxy) is 2. The van der Waals surface area contributed by atoms with Crippen molar-refractivity contribution in [2.45, 2.75) is 70.6 Å². The molecule has 0 saturated heterocycles. The number of rotatable bonds is 11. The molecule has 0 aliphatic heterocycles. The van der Waals surface area contributed by atoms with Gasteiger partial charge in [-0.05, 0) is 82.3 Å². The Labute approximate surface area is 229 Å². The molecule has 4 N–H and O–H groups in total. The van der Waals surface area contributed by atoms with Crippen molar-refractivity contribution in [1.29, 1.82) is 5.26 Å². The van der Waals surface area contributed by atoms with E-state index in [1.807, 2.05) is 26.8 Å². The minimum Gasteiger partial charge on any atom is -0.491 e. The molecule has 2 aromatic heterocycles. The van der Waals surface area contributed by atoms with Gasteiger partial charge in [0.1, 0.15) is 24.0 Å². The molecular weight excluding hydrogens is 496 g/mol. The fourth-order valence-corrected chi connectivity index (χ4v) is 4.92. The van der Waals surface area contributed by atoms with Gasteiger partial charge in [-0.1, -0.05) is 0 Å². The van der Waals surface area contributed by atoms with Crippen LogP contribution in [0, 0.1) is 18.3 Å². The van der Waals surface area contributed by atoms with E-state index in [4.69, 9.17) is 20.0 Å². The number of carbonyl (C=O) groups excluding carboxylic acids is 1. The van der Waals surface area contributed by atoms with E-state index in [0.717, 1.165) is 48.1 Å². The largest absolute Gasteiger partial charge is 0.491 e. The van der Waals surface area contributed by atoms with E-state index in [0.29, 0.717) is 36.5 Å². The molecule has 3 aromatic rings. The number of hydrogen-bond donors (Lipinski definition) is 3. The number of hydrogen-bond acceptors (Lipinski definition) is 8. The number of nitrogens with one attached hydrogen (secondary N) is 2. The number of pyridine rings is 1. The molecule has 4 rings (SSSR count). The van der Waals surface area contributed by atoms with Crippen molar-refractivity contribution in [3.05, 3.63) is 58.9 Å². The van der Waals surface area contributed by atoms with Crippen LogP contribution in [0.25, 0.3) is 5.52 Å². The van der Waals surface area contributed by atoms with Gasteiger partial charge < -0.3 is 20.5 Å². The Balaban J connectivity index is 1.49. The number of carbonyl (C=O) groups is 1. The summed E-state index contributed by atoms with van der Waals surface area (Å²) in [6, 6.07) is 11.6. The monoisotopic (exact) mass is 534 g/mol. The molecule has 10 heteroatoms. The van der Waals surface area contributed by atoms with Gasteiger partial charge in [-0.25, -0.2) is 10.00 Å². The van der Waals surface area contributed by atoms with Crippen LogP contribution >= 0.6 is 0 Å². The molecule has 0 radical (unpaired) electrons. The highest BCUT2D eigenvalue weighted by molar-refractivity contribution is 5.93. The Hall–Kier alpha value is -3.65. The van der Waals surface area contributed by atoms with Crippen LogP contribution in [0.4, 0.5) is 5.69 Å². The molecular formula is C29H38N6O4. The van der Waals surface area contributed by atoms with E-state index < -0.39 is 5.60 Å². The van der Waals surface area contributed by atoms with Crippen LogP contribution in [0.3, 0.4) is 0 Å². The average Bonchev–Trinajstić information content (AvgIpc) is 3.41. The van der Waals surface area contributed by atoms with Crippen molar-refractivity contribution < 1.29 is 19.1 Å². The van der Waals surface area contributed by atoms with Crippen molar-refractivity contribution in [1.82, 2.24) is 15.1 Å². The summed E-state index contributed by atoms with van der Waals surface area (Å²) < 4.78 is 12.3. The van der Waals surface area contributed by atoms with Crippen molar-refractivity contribution in [2.24, 2.45) is 5.73 Å². The number of aromatic nitrogens is 2. The second kappa shape index (κ2) is 12.5. The lowest BCUT2D eigenvalue weighted by Gasteiger charge is -2.30. The smallest absolute Gasteiger partial charge is 0.274 e. The standard InChI is InChI=1S/C29H38N6O4/c1-19-26(17-29(2,3)39-34-28(36)20-5-11-23(12-6-20)38-16-15-37-4)35-25(13-14-32-35)24(18-30)27(19)33-22-9-7-21(31)8-10-22/h5-6,11-14,21-22,33H,7-10,15-17,31H2,1-4H3,(H,34,36). The molecule has 0 atom stereocenters. The zero-order valence-corrected chi connectivity index (χ0v) is 23.1. The van der Waals surface area contributed by atoms with Crippen molar-refractivity contribution in [3.8, 4) is 11.8 Å². The second-order valence-corrected chi connectivity index (χ2v) is 10.7. The van der Waals surface area contributed by atoms with Crippen LogP contribution in [-0.4, -0.2) is 53.5 Å².